The van der Waals surface area contributed by atoms with Crippen molar-refractivity contribution in [2.45, 2.75) is 25.7 Å². The van der Waals surface area contributed by atoms with Gasteiger partial charge in [-0.25, -0.2) is 0 Å². The molecule has 88 valence electrons. The molecule has 2 aliphatic rings. The van der Waals surface area contributed by atoms with Crippen molar-refractivity contribution in [3.05, 3.63) is 0 Å². The maximum absolute atomic E-state index is 2.66. The van der Waals surface area contributed by atoms with Crippen LogP contribution in [0.15, 0.2) is 0 Å². The van der Waals surface area contributed by atoms with Gasteiger partial charge >= 0.3 is 0 Å². The van der Waals surface area contributed by atoms with E-state index in [4.69, 9.17) is 0 Å². The van der Waals surface area contributed by atoms with Gasteiger partial charge in [0.05, 0.1) is 0 Å². The Morgan fingerprint density at radius 3 is 2.13 bits per heavy atom. The van der Waals surface area contributed by atoms with Crippen molar-refractivity contribution in [3.8, 4) is 0 Å². The van der Waals surface area contributed by atoms with E-state index in [-0.39, 0.29) is 0 Å². The number of rotatable bonds is 3. The first-order chi connectivity index (χ1) is 7.45. The standard InChI is InChI=1S/C12H24N2S/c1-2-5-13(6-3-1)8-9-14-7-4-11-15-12-10-14/h1-12H2. The van der Waals surface area contributed by atoms with E-state index in [0.29, 0.717) is 0 Å². The van der Waals surface area contributed by atoms with Crippen molar-refractivity contribution in [1.82, 2.24) is 9.80 Å². The van der Waals surface area contributed by atoms with Crippen LogP contribution in [-0.2, 0) is 0 Å². The molecule has 0 aliphatic carbocycles. The highest BCUT2D eigenvalue weighted by Gasteiger charge is 2.13. The van der Waals surface area contributed by atoms with Crippen LogP contribution in [0.2, 0.25) is 0 Å². The Kier molecular flexibility index (Phi) is 5.30. The molecule has 2 heterocycles. The van der Waals surface area contributed by atoms with Crippen molar-refractivity contribution >= 4 is 11.8 Å². The highest BCUT2D eigenvalue weighted by Crippen LogP contribution is 2.11. The summed E-state index contributed by atoms with van der Waals surface area (Å²) in [4.78, 5) is 5.32. The molecule has 0 aromatic rings. The Morgan fingerprint density at radius 2 is 1.33 bits per heavy atom. The van der Waals surface area contributed by atoms with E-state index in [0.717, 1.165) is 0 Å². The predicted octanol–water partition coefficient (Wildman–Crippen LogP) is 1.91. The minimum atomic E-state index is 1.31. The Balaban J connectivity index is 1.62. The highest BCUT2D eigenvalue weighted by molar-refractivity contribution is 7.99. The van der Waals surface area contributed by atoms with Gasteiger partial charge < -0.3 is 9.80 Å². The van der Waals surface area contributed by atoms with Crippen LogP contribution >= 0.6 is 11.8 Å². The summed E-state index contributed by atoms with van der Waals surface area (Å²) in [7, 11) is 0. The molecule has 0 atom stereocenters. The van der Waals surface area contributed by atoms with Crippen LogP contribution in [-0.4, -0.2) is 60.6 Å². The van der Waals surface area contributed by atoms with Crippen LogP contribution in [0.25, 0.3) is 0 Å². The summed E-state index contributed by atoms with van der Waals surface area (Å²) in [6.07, 6.45) is 5.70. The van der Waals surface area contributed by atoms with Crippen molar-refractivity contribution in [1.29, 1.82) is 0 Å². The van der Waals surface area contributed by atoms with Gasteiger partial charge in [-0.2, -0.15) is 11.8 Å². The van der Waals surface area contributed by atoms with Gasteiger partial charge in [-0.1, -0.05) is 6.42 Å². The lowest BCUT2D eigenvalue weighted by molar-refractivity contribution is 0.187. The summed E-state index contributed by atoms with van der Waals surface area (Å²) >= 11 is 2.13. The topological polar surface area (TPSA) is 6.48 Å². The molecule has 2 nitrogen and oxygen atoms in total. The van der Waals surface area contributed by atoms with Crippen molar-refractivity contribution < 1.29 is 0 Å². The first-order valence-corrected chi connectivity index (χ1v) is 7.63. The number of thioether (sulfide) groups is 1. The monoisotopic (exact) mass is 228 g/mol. The first kappa shape index (κ1) is 11.7. The average molecular weight is 228 g/mol. The predicted molar refractivity (Wildman–Crippen MR) is 68.7 cm³/mol. The molecule has 0 saturated carbocycles. The van der Waals surface area contributed by atoms with Crippen LogP contribution in [0.4, 0.5) is 0 Å². The van der Waals surface area contributed by atoms with Gasteiger partial charge in [0.2, 0.25) is 0 Å². The summed E-state index contributed by atoms with van der Waals surface area (Å²) in [6.45, 7) is 7.97. The molecule has 15 heavy (non-hydrogen) atoms. The zero-order valence-corrected chi connectivity index (χ0v) is 10.6. The molecule has 0 N–H and O–H groups in total. The van der Waals surface area contributed by atoms with Crippen LogP contribution in [0, 0.1) is 0 Å². The quantitative estimate of drug-likeness (QED) is 0.728. The van der Waals surface area contributed by atoms with Gasteiger partial charge in [-0.05, 0) is 44.6 Å². The Morgan fingerprint density at radius 1 is 0.667 bits per heavy atom. The third-order valence-corrected chi connectivity index (χ3v) is 4.54. The molecule has 0 amide bonds. The van der Waals surface area contributed by atoms with Crippen molar-refractivity contribution in [3.63, 3.8) is 0 Å². The number of nitrogens with zero attached hydrogens (tertiary/aromatic N) is 2. The second kappa shape index (κ2) is 6.77. The molecule has 0 aromatic carbocycles. The molecule has 2 aliphatic heterocycles. The summed E-state index contributed by atoms with van der Waals surface area (Å²) in [5, 5.41) is 0. The lowest BCUT2D eigenvalue weighted by Crippen LogP contribution is -2.38. The molecule has 3 heteroatoms. The SMILES string of the molecule is C1CCN(CCN2CCCSCC2)CC1. The molecule has 2 rings (SSSR count). The van der Waals surface area contributed by atoms with Gasteiger partial charge in [0, 0.05) is 25.4 Å². The molecular weight excluding hydrogens is 204 g/mol. The van der Waals surface area contributed by atoms with E-state index in [1.54, 1.807) is 0 Å². The number of likely N-dealkylation sites (tertiary alicyclic amines) is 1. The lowest BCUT2D eigenvalue weighted by Gasteiger charge is -2.29. The Bertz CT molecular complexity index is 161. The van der Waals surface area contributed by atoms with Gasteiger partial charge in [0.1, 0.15) is 0 Å². The fourth-order valence-electron chi connectivity index (χ4n) is 2.49. The maximum Gasteiger partial charge on any atom is 0.0110 e. The molecule has 0 unspecified atom stereocenters. The Hall–Kier alpha value is 0.270. The Labute approximate surface area is 98.4 Å². The number of hydrogen-bond acceptors (Lipinski definition) is 3. The largest absolute Gasteiger partial charge is 0.302 e. The van der Waals surface area contributed by atoms with Gasteiger partial charge in [-0.3, -0.25) is 0 Å². The van der Waals surface area contributed by atoms with Crippen molar-refractivity contribution in [2.75, 3.05) is 50.8 Å². The average Bonchev–Trinajstić information content (AvgIpc) is 2.56. The zero-order chi connectivity index (χ0) is 10.3. The second-order valence-corrected chi connectivity index (χ2v) is 5.93. The lowest BCUT2D eigenvalue weighted by atomic mass is 10.1. The smallest absolute Gasteiger partial charge is 0.0110 e. The van der Waals surface area contributed by atoms with E-state index in [1.807, 2.05) is 0 Å². The van der Waals surface area contributed by atoms with E-state index >= 15 is 0 Å². The fraction of sp³-hybridized carbons (Fsp3) is 1.00. The van der Waals surface area contributed by atoms with Crippen LogP contribution < -0.4 is 0 Å². The number of hydrogen-bond donors (Lipinski definition) is 0. The van der Waals surface area contributed by atoms with Crippen LogP contribution in [0.1, 0.15) is 25.7 Å². The first-order valence-electron chi connectivity index (χ1n) is 6.47. The minimum Gasteiger partial charge on any atom is -0.302 e. The molecule has 0 spiro atoms. The number of piperidine rings is 1. The third kappa shape index (κ3) is 4.33. The normalized spacial score (nSPS) is 26.4. The fourth-order valence-corrected chi connectivity index (χ4v) is 3.41. The summed E-state index contributed by atoms with van der Waals surface area (Å²) in [5.74, 6) is 2.72. The summed E-state index contributed by atoms with van der Waals surface area (Å²) in [5.41, 5.74) is 0. The van der Waals surface area contributed by atoms with Gasteiger partial charge in [-0.15, -0.1) is 0 Å². The third-order valence-electron chi connectivity index (χ3n) is 3.50. The molecule has 0 bridgehead atoms. The van der Waals surface area contributed by atoms with Crippen molar-refractivity contribution in [2.24, 2.45) is 0 Å². The summed E-state index contributed by atoms with van der Waals surface area (Å²) < 4.78 is 0. The molecule has 0 aromatic heterocycles. The summed E-state index contributed by atoms with van der Waals surface area (Å²) in [6, 6.07) is 0. The van der Waals surface area contributed by atoms with Gasteiger partial charge in [0.15, 0.2) is 0 Å². The highest BCUT2D eigenvalue weighted by atomic mass is 32.2. The van der Waals surface area contributed by atoms with Crippen LogP contribution in [0.5, 0.6) is 0 Å². The van der Waals surface area contributed by atoms with E-state index < -0.39 is 0 Å². The van der Waals surface area contributed by atoms with E-state index in [1.165, 1.54) is 76.5 Å². The second-order valence-electron chi connectivity index (χ2n) is 4.71. The molecular formula is C12H24N2S. The van der Waals surface area contributed by atoms with E-state index in [2.05, 4.69) is 21.6 Å². The van der Waals surface area contributed by atoms with Crippen LogP contribution in [0.3, 0.4) is 0 Å². The maximum atomic E-state index is 2.66. The van der Waals surface area contributed by atoms with E-state index in [9.17, 15) is 0 Å². The zero-order valence-electron chi connectivity index (χ0n) is 9.79. The molecule has 0 radical (unpaired) electrons. The minimum absolute atomic E-state index is 1.31. The molecule has 2 fully saturated rings. The molecule has 2 saturated heterocycles. The van der Waals surface area contributed by atoms with Gasteiger partial charge in [0.25, 0.3) is 0 Å².